The lowest BCUT2D eigenvalue weighted by Crippen LogP contribution is -2.56. The van der Waals surface area contributed by atoms with Crippen LogP contribution in [0.5, 0.6) is 5.75 Å². The van der Waals surface area contributed by atoms with Gasteiger partial charge in [0.25, 0.3) is 5.91 Å². The zero-order valence-electron chi connectivity index (χ0n) is 29.5. The molecule has 13 heteroatoms. The first-order chi connectivity index (χ1) is 25.3. The first-order valence-corrected chi connectivity index (χ1v) is 18.2. The number of aromatic nitrogens is 1. The molecule has 2 aromatic carbocycles. The van der Waals surface area contributed by atoms with Crippen molar-refractivity contribution >= 4 is 29.5 Å². The monoisotopic (exact) mass is 703 g/mol. The number of likely N-dealkylation sites (tertiary alicyclic amines) is 1. The molecule has 4 heterocycles. The van der Waals surface area contributed by atoms with Crippen molar-refractivity contribution in [2.45, 2.75) is 50.9 Å². The Morgan fingerprint density at radius 3 is 2.56 bits per heavy atom. The molecule has 1 amide bonds. The lowest BCUT2D eigenvalue weighted by atomic mass is 9.78. The normalized spacial score (nSPS) is 24.8. The van der Waals surface area contributed by atoms with Crippen LogP contribution in [0.4, 0.5) is 11.4 Å². The van der Waals surface area contributed by atoms with Crippen LogP contribution in [0, 0.1) is 22.2 Å². The lowest BCUT2D eigenvalue weighted by Gasteiger charge is -2.43. The minimum Gasteiger partial charge on any atom is -0.488 e. The SMILES string of the molecule is CC(N=CN=C(N)c1ccc(OC2CC23CCN(C(=O)c2cc[nH]c(=O)c2)CC32CC2)c(C#N)c1)Nc1ccc(N2CCN(C3COC3)CC2)cc1. The van der Waals surface area contributed by atoms with Crippen LogP contribution in [0.3, 0.4) is 0 Å². The summed E-state index contributed by atoms with van der Waals surface area (Å²) in [7, 11) is 0. The summed E-state index contributed by atoms with van der Waals surface area (Å²) in [5.41, 5.74) is 9.67. The van der Waals surface area contributed by atoms with E-state index in [1.807, 2.05) is 17.9 Å². The molecule has 1 aromatic heterocycles. The zero-order chi connectivity index (χ0) is 35.9. The van der Waals surface area contributed by atoms with Crippen molar-refractivity contribution in [3.05, 3.63) is 87.8 Å². The Balaban J connectivity index is 0.835. The summed E-state index contributed by atoms with van der Waals surface area (Å²) in [6.45, 7) is 9.10. The molecule has 5 fully saturated rings. The van der Waals surface area contributed by atoms with Gasteiger partial charge in [0, 0.05) is 79.4 Å². The summed E-state index contributed by atoms with van der Waals surface area (Å²) < 4.78 is 11.8. The van der Waals surface area contributed by atoms with E-state index >= 15 is 0 Å². The van der Waals surface area contributed by atoms with Crippen molar-refractivity contribution in [1.82, 2.24) is 14.8 Å². The number of amidine groups is 1. The zero-order valence-corrected chi connectivity index (χ0v) is 29.5. The van der Waals surface area contributed by atoms with E-state index in [1.54, 1.807) is 18.2 Å². The number of amides is 1. The molecule has 3 atom stereocenters. The Bertz CT molecular complexity index is 1970. The molecular weight excluding hydrogens is 658 g/mol. The maximum absolute atomic E-state index is 13.2. The first kappa shape index (κ1) is 33.9. The average molecular weight is 704 g/mol. The number of benzene rings is 2. The second kappa shape index (κ2) is 13.7. The number of carbonyl (C=O) groups excluding carboxylic acids is 1. The number of aromatic amines is 1. The Morgan fingerprint density at radius 1 is 1.08 bits per heavy atom. The van der Waals surface area contributed by atoms with Gasteiger partial charge in [0.2, 0.25) is 5.56 Å². The van der Waals surface area contributed by atoms with Crippen molar-refractivity contribution in [2.24, 2.45) is 26.5 Å². The van der Waals surface area contributed by atoms with Gasteiger partial charge in [-0.1, -0.05) is 0 Å². The van der Waals surface area contributed by atoms with Crippen LogP contribution in [-0.2, 0) is 4.74 Å². The smallest absolute Gasteiger partial charge is 0.254 e. The van der Waals surface area contributed by atoms with Gasteiger partial charge in [0.15, 0.2) is 0 Å². The number of aliphatic imine (C=N–C) groups is 2. The number of nitrogens with zero attached hydrogens (tertiary/aromatic N) is 6. The summed E-state index contributed by atoms with van der Waals surface area (Å²) in [5, 5.41) is 13.4. The molecule has 3 unspecified atom stereocenters. The molecular formula is C39H45N9O4. The quantitative estimate of drug-likeness (QED) is 0.212. The van der Waals surface area contributed by atoms with Crippen molar-refractivity contribution in [2.75, 3.05) is 62.7 Å². The number of anilines is 2. The molecule has 8 rings (SSSR count). The van der Waals surface area contributed by atoms with E-state index in [2.05, 4.69) is 60.4 Å². The Kier molecular flexibility index (Phi) is 8.97. The van der Waals surface area contributed by atoms with E-state index in [0.717, 1.165) is 70.8 Å². The molecule has 3 aliphatic heterocycles. The number of nitriles is 1. The summed E-state index contributed by atoms with van der Waals surface area (Å²) >= 11 is 0. The number of pyridine rings is 1. The number of rotatable bonds is 10. The van der Waals surface area contributed by atoms with Gasteiger partial charge in [-0.05, 0) is 86.6 Å². The number of ether oxygens (including phenoxy) is 2. The Hall–Kier alpha value is -5.19. The summed E-state index contributed by atoms with van der Waals surface area (Å²) in [6, 6.07) is 19.6. The van der Waals surface area contributed by atoms with Crippen LogP contribution < -0.4 is 26.2 Å². The fraction of sp³-hybridized carbons (Fsp3) is 0.462. The van der Waals surface area contributed by atoms with Gasteiger partial charge in [0.1, 0.15) is 36.3 Å². The van der Waals surface area contributed by atoms with Crippen LogP contribution >= 0.6 is 0 Å². The summed E-state index contributed by atoms with van der Waals surface area (Å²) in [4.78, 5) is 43.2. The lowest BCUT2D eigenvalue weighted by molar-refractivity contribution is -0.0660. The van der Waals surface area contributed by atoms with Crippen LogP contribution in [0.2, 0.25) is 0 Å². The molecule has 0 bridgehead atoms. The maximum atomic E-state index is 13.2. The molecule has 2 spiro atoms. The van der Waals surface area contributed by atoms with E-state index < -0.39 is 0 Å². The number of nitrogens with two attached hydrogens (primary N) is 1. The molecule has 13 nitrogen and oxygen atoms in total. The van der Waals surface area contributed by atoms with Gasteiger partial charge >= 0.3 is 0 Å². The third kappa shape index (κ3) is 6.64. The van der Waals surface area contributed by atoms with E-state index in [4.69, 9.17) is 15.2 Å². The van der Waals surface area contributed by atoms with Gasteiger partial charge in [-0.15, -0.1) is 0 Å². The van der Waals surface area contributed by atoms with Crippen molar-refractivity contribution in [1.29, 1.82) is 5.26 Å². The van der Waals surface area contributed by atoms with Crippen molar-refractivity contribution in [3.8, 4) is 11.8 Å². The highest BCUT2D eigenvalue weighted by molar-refractivity contribution is 6.01. The predicted octanol–water partition coefficient (Wildman–Crippen LogP) is 3.42. The number of piperazine rings is 1. The maximum Gasteiger partial charge on any atom is 0.254 e. The van der Waals surface area contributed by atoms with E-state index in [0.29, 0.717) is 41.6 Å². The summed E-state index contributed by atoms with van der Waals surface area (Å²) in [6.07, 6.45) is 6.53. The molecule has 5 aliphatic rings. The fourth-order valence-corrected chi connectivity index (χ4v) is 8.32. The highest BCUT2D eigenvalue weighted by atomic mass is 16.5. The molecule has 2 aliphatic carbocycles. The minimum absolute atomic E-state index is 0.00579. The summed E-state index contributed by atoms with van der Waals surface area (Å²) in [5.74, 6) is 0.682. The highest BCUT2D eigenvalue weighted by Crippen LogP contribution is 2.74. The standard InChI is InChI=1S/C39H45N9O4/c1-26(45-30-3-5-31(6-4-30)46-14-16-47(17-15-46)32-22-51-23-32)43-25-44-36(41)27-2-7-33(29(18-27)21-40)52-34-20-39(34)11-13-48(24-38(39)9-10-38)37(50)28-8-12-42-35(49)19-28/h2-8,12,18-19,25-26,32,34,45H,9-11,13-17,20,22-24H2,1H3,(H,42,49)(H2,41,43,44). The van der Waals surface area contributed by atoms with Gasteiger partial charge in [-0.25, -0.2) is 9.98 Å². The first-order valence-electron chi connectivity index (χ1n) is 18.2. The van der Waals surface area contributed by atoms with Crippen LogP contribution in [0.15, 0.2) is 75.6 Å². The predicted molar refractivity (Wildman–Crippen MR) is 199 cm³/mol. The Morgan fingerprint density at radius 2 is 1.87 bits per heavy atom. The number of fused-ring (bicyclic) bond motifs is 1. The number of nitrogens with one attached hydrogen (secondary N) is 2. The van der Waals surface area contributed by atoms with E-state index in [1.165, 1.54) is 24.3 Å². The number of hydrogen-bond donors (Lipinski definition) is 3. The number of H-pyrrole nitrogens is 1. The molecule has 3 saturated heterocycles. The highest BCUT2D eigenvalue weighted by Gasteiger charge is 2.74. The van der Waals surface area contributed by atoms with Gasteiger partial charge < -0.3 is 35.3 Å². The molecule has 270 valence electrons. The second-order valence-corrected chi connectivity index (χ2v) is 14.8. The third-order valence-electron chi connectivity index (χ3n) is 11.8. The molecule has 0 radical (unpaired) electrons. The molecule has 2 saturated carbocycles. The number of hydrogen-bond acceptors (Lipinski definition) is 9. The van der Waals surface area contributed by atoms with Gasteiger partial charge in [0.05, 0.1) is 24.8 Å². The van der Waals surface area contributed by atoms with Gasteiger partial charge in [-0.3, -0.25) is 14.5 Å². The second-order valence-electron chi connectivity index (χ2n) is 14.8. The number of piperidine rings is 1. The third-order valence-corrected chi connectivity index (χ3v) is 11.8. The van der Waals surface area contributed by atoms with Crippen LogP contribution in [0.25, 0.3) is 0 Å². The average Bonchev–Trinajstić information content (AvgIpc) is 4.06. The fourth-order valence-electron chi connectivity index (χ4n) is 8.32. The minimum atomic E-state index is -0.281. The van der Waals surface area contributed by atoms with Crippen molar-refractivity contribution in [3.63, 3.8) is 0 Å². The molecule has 52 heavy (non-hydrogen) atoms. The number of carbonyl (C=O) groups is 1. The van der Waals surface area contributed by atoms with Crippen molar-refractivity contribution < 1.29 is 14.3 Å². The van der Waals surface area contributed by atoms with Gasteiger partial charge in [-0.2, -0.15) is 5.26 Å². The van der Waals surface area contributed by atoms with Crippen LogP contribution in [0.1, 0.15) is 54.1 Å². The van der Waals surface area contributed by atoms with E-state index in [9.17, 15) is 14.9 Å². The van der Waals surface area contributed by atoms with Crippen LogP contribution in [-0.4, -0.2) is 104 Å². The topological polar surface area (TPSA) is 165 Å². The molecule has 4 N–H and O–H groups in total. The molecule has 3 aromatic rings. The van der Waals surface area contributed by atoms with E-state index in [-0.39, 0.29) is 40.4 Å². The largest absolute Gasteiger partial charge is 0.488 e. The Labute approximate surface area is 303 Å².